The van der Waals surface area contributed by atoms with E-state index in [1.165, 1.54) is 6.07 Å². The van der Waals surface area contributed by atoms with Crippen molar-refractivity contribution in [1.82, 2.24) is 9.62 Å². The highest BCUT2D eigenvalue weighted by atomic mass is 32.2. The fraction of sp³-hybridized carbons (Fsp3) is 0.400. The number of rotatable bonds is 9. The Morgan fingerprint density at radius 2 is 1.74 bits per heavy atom. The molecule has 0 fully saturated rings. The molecule has 2 aromatic carbocycles. The van der Waals surface area contributed by atoms with E-state index in [1.807, 2.05) is 0 Å². The minimum atomic E-state index is -4.85. The van der Waals surface area contributed by atoms with Crippen LogP contribution in [0, 0.1) is 20.2 Å². The molecular formula is C20H21F3N4O6S. The zero-order valence-corrected chi connectivity index (χ0v) is 18.6. The average Bonchev–Trinajstić information content (AvgIpc) is 2.77. The summed E-state index contributed by atoms with van der Waals surface area (Å²) in [5, 5.41) is 22.1. The third-order valence-electron chi connectivity index (χ3n) is 5.46. The number of hydrogen-bond donors (Lipinski definition) is 1. The summed E-state index contributed by atoms with van der Waals surface area (Å²) in [4.78, 5) is 21.7. The molecule has 0 radical (unpaired) electrons. The van der Waals surface area contributed by atoms with Crippen molar-refractivity contribution in [2.45, 2.75) is 36.9 Å². The second kappa shape index (κ2) is 10.0. The largest absolute Gasteiger partial charge is 0.416 e. The van der Waals surface area contributed by atoms with E-state index in [0.29, 0.717) is 38.1 Å². The smallest absolute Gasteiger partial charge is 0.299 e. The van der Waals surface area contributed by atoms with Gasteiger partial charge in [0, 0.05) is 37.8 Å². The lowest BCUT2D eigenvalue weighted by Crippen LogP contribution is -2.32. The van der Waals surface area contributed by atoms with E-state index in [9.17, 15) is 41.8 Å². The van der Waals surface area contributed by atoms with Crippen LogP contribution in [0.3, 0.4) is 0 Å². The van der Waals surface area contributed by atoms with Gasteiger partial charge in [0.2, 0.25) is 10.0 Å². The van der Waals surface area contributed by atoms with Crippen LogP contribution in [0.25, 0.3) is 0 Å². The number of non-ortho nitro benzene ring substituents is 1. The molecule has 3 rings (SSSR count). The van der Waals surface area contributed by atoms with Crippen molar-refractivity contribution in [2.75, 3.05) is 19.6 Å². The van der Waals surface area contributed by atoms with Crippen LogP contribution in [0.15, 0.2) is 41.3 Å². The third-order valence-corrected chi connectivity index (χ3v) is 6.97. The molecule has 1 heterocycles. The Morgan fingerprint density at radius 1 is 1.00 bits per heavy atom. The van der Waals surface area contributed by atoms with Gasteiger partial charge in [0.05, 0.1) is 15.4 Å². The molecule has 0 atom stereocenters. The van der Waals surface area contributed by atoms with E-state index in [2.05, 4.69) is 9.62 Å². The van der Waals surface area contributed by atoms with E-state index in [0.717, 1.165) is 24.1 Å². The quantitative estimate of drug-likeness (QED) is 0.314. The molecule has 184 valence electrons. The maximum absolute atomic E-state index is 12.8. The number of benzene rings is 2. The van der Waals surface area contributed by atoms with Crippen molar-refractivity contribution in [2.24, 2.45) is 0 Å². The topological polar surface area (TPSA) is 136 Å². The zero-order chi connectivity index (χ0) is 25.1. The van der Waals surface area contributed by atoms with E-state index in [4.69, 9.17) is 0 Å². The van der Waals surface area contributed by atoms with Crippen LogP contribution in [-0.4, -0.2) is 42.8 Å². The first-order valence-corrected chi connectivity index (χ1v) is 11.7. The maximum atomic E-state index is 12.8. The van der Waals surface area contributed by atoms with Crippen LogP contribution in [0.2, 0.25) is 0 Å². The minimum Gasteiger partial charge on any atom is -0.299 e. The SMILES string of the molecule is O=[N+]([O-])c1ccc2c(c1)CN(CCCCNS(=O)(=O)c1ccc(C(F)(F)F)cc1[N+](=O)[O-])CC2. The molecule has 14 heteroatoms. The lowest BCUT2D eigenvalue weighted by molar-refractivity contribution is -0.388. The number of sulfonamides is 1. The molecule has 1 aliphatic heterocycles. The number of nitrogens with zero attached hydrogens (tertiary/aromatic N) is 3. The van der Waals surface area contributed by atoms with Gasteiger partial charge in [-0.2, -0.15) is 13.2 Å². The fourth-order valence-electron chi connectivity index (χ4n) is 3.71. The van der Waals surface area contributed by atoms with Gasteiger partial charge in [-0.05, 0) is 49.1 Å². The third kappa shape index (κ3) is 6.07. The molecule has 0 amide bonds. The predicted octanol–water partition coefficient (Wildman–Crippen LogP) is 3.64. The van der Waals surface area contributed by atoms with Gasteiger partial charge in [0.1, 0.15) is 0 Å². The van der Waals surface area contributed by atoms with Crippen molar-refractivity contribution < 1.29 is 31.4 Å². The van der Waals surface area contributed by atoms with Gasteiger partial charge >= 0.3 is 6.18 Å². The number of nitro groups is 2. The Balaban J connectivity index is 1.54. The molecule has 10 nitrogen and oxygen atoms in total. The number of nitro benzene ring substituents is 2. The Labute approximate surface area is 192 Å². The Bertz CT molecular complexity index is 1200. The number of halogens is 3. The number of fused-ring (bicyclic) bond motifs is 1. The molecule has 0 saturated heterocycles. The first-order valence-electron chi connectivity index (χ1n) is 10.2. The van der Waals surface area contributed by atoms with Gasteiger partial charge in [0.15, 0.2) is 4.90 Å². The van der Waals surface area contributed by atoms with Gasteiger partial charge in [-0.15, -0.1) is 0 Å². The molecule has 2 aromatic rings. The summed E-state index contributed by atoms with van der Waals surface area (Å²) in [6.07, 6.45) is -3.16. The minimum absolute atomic E-state index is 0.0207. The zero-order valence-electron chi connectivity index (χ0n) is 17.7. The van der Waals surface area contributed by atoms with Gasteiger partial charge in [-0.25, -0.2) is 13.1 Å². The van der Waals surface area contributed by atoms with Crippen LogP contribution in [0.5, 0.6) is 0 Å². The summed E-state index contributed by atoms with van der Waals surface area (Å²) in [5.74, 6) is 0. The lowest BCUT2D eigenvalue weighted by atomic mass is 9.99. The van der Waals surface area contributed by atoms with Crippen molar-refractivity contribution in [1.29, 1.82) is 0 Å². The van der Waals surface area contributed by atoms with E-state index >= 15 is 0 Å². The van der Waals surface area contributed by atoms with Crippen LogP contribution in [-0.2, 0) is 29.2 Å². The summed E-state index contributed by atoms with van der Waals surface area (Å²) in [5.41, 5.74) is -0.522. The molecule has 1 N–H and O–H groups in total. The van der Waals surface area contributed by atoms with Crippen molar-refractivity contribution in [3.63, 3.8) is 0 Å². The Morgan fingerprint density at radius 3 is 2.38 bits per heavy atom. The molecule has 1 aliphatic rings. The number of unbranched alkanes of at least 4 members (excludes halogenated alkanes) is 1. The summed E-state index contributed by atoms with van der Waals surface area (Å²) in [6.45, 7) is 1.81. The molecule has 0 bridgehead atoms. The molecule has 0 spiro atoms. The molecule has 0 aromatic heterocycles. The highest BCUT2D eigenvalue weighted by Crippen LogP contribution is 2.34. The lowest BCUT2D eigenvalue weighted by Gasteiger charge is -2.28. The molecule has 0 unspecified atom stereocenters. The number of hydrogen-bond acceptors (Lipinski definition) is 7. The monoisotopic (exact) mass is 502 g/mol. The highest BCUT2D eigenvalue weighted by Gasteiger charge is 2.35. The second-order valence-corrected chi connectivity index (χ2v) is 9.51. The van der Waals surface area contributed by atoms with Crippen LogP contribution >= 0.6 is 0 Å². The molecule has 34 heavy (non-hydrogen) atoms. The predicted molar refractivity (Wildman–Crippen MR) is 115 cm³/mol. The van der Waals surface area contributed by atoms with Crippen molar-refractivity contribution in [3.05, 3.63) is 73.3 Å². The van der Waals surface area contributed by atoms with E-state index < -0.39 is 42.2 Å². The maximum Gasteiger partial charge on any atom is 0.416 e. The summed E-state index contributed by atoms with van der Waals surface area (Å²) < 4.78 is 65.5. The van der Waals surface area contributed by atoms with E-state index in [-0.39, 0.29) is 18.3 Å². The first kappa shape index (κ1) is 25.5. The highest BCUT2D eigenvalue weighted by molar-refractivity contribution is 7.89. The number of nitrogens with one attached hydrogen (secondary N) is 1. The average molecular weight is 502 g/mol. The van der Waals surface area contributed by atoms with Crippen molar-refractivity contribution in [3.8, 4) is 0 Å². The Hall–Kier alpha value is -3.10. The molecule has 0 aliphatic carbocycles. The van der Waals surface area contributed by atoms with Gasteiger partial charge in [-0.1, -0.05) is 6.07 Å². The summed E-state index contributed by atoms with van der Waals surface area (Å²) >= 11 is 0. The first-order chi connectivity index (χ1) is 15.9. The van der Waals surface area contributed by atoms with Gasteiger partial charge in [0.25, 0.3) is 11.4 Å². The summed E-state index contributed by atoms with van der Waals surface area (Å²) in [7, 11) is -4.39. The standard InChI is InChI=1S/C20H21F3N4O6S/c21-20(22,23)16-4-6-19(18(12-16)27(30)31)34(32,33)24-8-1-2-9-25-10-7-14-3-5-17(26(28)29)11-15(14)13-25/h3-6,11-12,24H,1-2,7-10,13H2. The molecular weight excluding hydrogens is 481 g/mol. The summed E-state index contributed by atoms with van der Waals surface area (Å²) in [6, 6.07) is 6.04. The normalized spacial score (nSPS) is 14.6. The van der Waals surface area contributed by atoms with Gasteiger partial charge < -0.3 is 0 Å². The molecule has 0 saturated carbocycles. The fourth-order valence-corrected chi connectivity index (χ4v) is 4.94. The number of alkyl halides is 3. The second-order valence-electron chi connectivity index (χ2n) is 7.78. The van der Waals surface area contributed by atoms with Gasteiger partial charge in [-0.3, -0.25) is 25.1 Å². The van der Waals surface area contributed by atoms with E-state index in [1.54, 1.807) is 12.1 Å². The Kier molecular flexibility index (Phi) is 7.53. The van der Waals surface area contributed by atoms with Crippen LogP contribution in [0.4, 0.5) is 24.5 Å². The van der Waals surface area contributed by atoms with Crippen LogP contribution < -0.4 is 4.72 Å². The van der Waals surface area contributed by atoms with Crippen LogP contribution in [0.1, 0.15) is 29.5 Å². The van der Waals surface area contributed by atoms with Crippen molar-refractivity contribution >= 4 is 21.4 Å².